The van der Waals surface area contributed by atoms with Gasteiger partial charge in [-0.25, -0.2) is 0 Å². The first-order chi connectivity index (χ1) is 7.77. The number of carbonyl (C=O) groups is 1. The molecule has 0 aliphatic rings. The van der Waals surface area contributed by atoms with Crippen LogP contribution in [-0.2, 0) is 15.7 Å². The summed E-state index contributed by atoms with van der Waals surface area (Å²) in [6.07, 6.45) is -4.58. The van der Waals surface area contributed by atoms with Gasteiger partial charge in [-0.3, -0.25) is 4.79 Å². The van der Waals surface area contributed by atoms with Crippen LogP contribution < -0.4 is 0 Å². The molecular weight excluding hydrogens is 324 g/mol. The number of esters is 1. The number of rotatable bonds is 2. The van der Waals surface area contributed by atoms with E-state index < -0.39 is 22.5 Å². The molecule has 0 fully saturated rings. The van der Waals surface area contributed by atoms with Gasteiger partial charge in [-0.05, 0) is 17.7 Å². The fourth-order valence-electron chi connectivity index (χ4n) is 1.23. The second-order valence-corrected chi connectivity index (χ2v) is 4.47. The maximum Gasteiger partial charge on any atom is 0.416 e. The van der Waals surface area contributed by atoms with Gasteiger partial charge in [-0.2, -0.15) is 13.2 Å². The topological polar surface area (TPSA) is 26.3 Å². The third-order valence-electron chi connectivity index (χ3n) is 2.00. The number of halogens is 5. The molecule has 0 aliphatic heterocycles. The van der Waals surface area contributed by atoms with Gasteiger partial charge >= 0.3 is 12.1 Å². The van der Waals surface area contributed by atoms with Gasteiger partial charge in [0.1, 0.15) is 4.83 Å². The first kappa shape index (κ1) is 14.3. The van der Waals surface area contributed by atoms with Crippen molar-refractivity contribution in [2.24, 2.45) is 0 Å². The SMILES string of the molecule is COC(=O)[C@@H](Br)c1ccc(Cl)cc1C(F)(F)F. The lowest BCUT2D eigenvalue weighted by Crippen LogP contribution is -2.15. The Morgan fingerprint density at radius 2 is 2.06 bits per heavy atom. The molecule has 0 aromatic heterocycles. The molecule has 0 heterocycles. The van der Waals surface area contributed by atoms with Crippen molar-refractivity contribution in [1.82, 2.24) is 0 Å². The van der Waals surface area contributed by atoms with Gasteiger partial charge in [0.05, 0.1) is 12.7 Å². The minimum Gasteiger partial charge on any atom is -0.468 e. The molecule has 0 bridgehead atoms. The highest BCUT2D eigenvalue weighted by Crippen LogP contribution is 2.39. The van der Waals surface area contributed by atoms with Crippen molar-refractivity contribution in [2.75, 3.05) is 7.11 Å². The van der Waals surface area contributed by atoms with E-state index in [4.69, 9.17) is 11.6 Å². The number of hydrogen-bond donors (Lipinski definition) is 0. The van der Waals surface area contributed by atoms with E-state index in [-0.39, 0.29) is 10.6 Å². The van der Waals surface area contributed by atoms with Crippen molar-refractivity contribution in [3.8, 4) is 0 Å². The van der Waals surface area contributed by atoms with Gasteiger partial charge in [0.15, 0.2) is 0 Å². The zero-order valence-electron chi connectivity index (χ0n) is 8.52. The van der Waals surface area contributed by atoms with E-state index in [2.05, 4.69) is 20.7 Å². The minimum absolute atomic E-state index is 0.0503. The molecule has 0 N–H and O–H groups in total. The van der Waals surface area contributed by atoms with Gasteiger partial charge in [0.2, 0.25) is 0 Å². The highest BCUT2D eigenvalue weighted by molar-refractivity contribution is 9.09. The summed E-state index contributed by atoms with van der Waals surface area (Å²) in [5.41, 5.74) is -1.19. The first-order valence-corrected chi connectivity index (χ1v) is 5.65. The number of carbonyl (C=O) groups excluding carboxylic acids is 1. The monoisotopic (exact) mass is 330 g/mol. The van der Waals surface area contributed by atoms with Crippen molar-refractivity contribution in [2.45, 2.75) is 11.0 Å². The van der Waals surface area contributed by atoms with Gasteiger partial charge in [0.25, 0.3) is 0 Å². The largest absolute Gasteiger partial charge is 0.468 e. The Bertz CT molecular complexity index is 434. The Hall–Kier alpha value is -0.750. The number of hydrogen-bond acceptors (Lipinski definition) is 2. The van der Waals surface area contributed by atoms with Gasteiger partial charge in [-0.15, -0.1) is 0 Å². The summed E-state index contributed by atoms with van der Waals surface area (Å²) in [4.78, 5) is 10.0. The molecule has 1 atom stereocenters. The van der Waals surface area contributed by atoms with Crippen LogP contribution in [0.5, 0.6) is 0 Å². The molecule has 0 saturated carbocycles. The predicted molar refractivity (Wildman–Crippen MR) is 60.1 cm³/mol. The maximum absolute atomic E-state index is 12.7. The molecule has 0 radical (unpaired) electrons. The van der Waals surface area contributed by atoms with E-state index in [0.29, 0.717) is 0 Å². The van der Waals surface area contributed by atoms with Crippen molar-refractivity contribution >= 4 is 33.5 Å². The van der Waals surface area contributed by atoms with Crippen LogP contribution in [0.2, 0.25) is 5.02 Å². The lowest BCUT2D eigenvalue weighted by atomic mass is 10.0. The van der Waals surface area contributed by atoms with Crippen LogP contribution in [0.3, 0.4) is 0 Å². The summed E-state index contributed by atoms with van der Waals surface area (Å²) < 4.78 is 42.6. The molecule has 94 valence electrons. The fourth-order valence-corrected chi connectivity index (χ4v) is 1.98. The third kappa shape index (κ3) is 3.35. The molecule has 0 aliphatic carbocycles. The molecular formula is C10H7BrClF3O2. The second-order valence-electron chi connectivity index (χ2n) is 3.12. The summed E-state index contributed by atoms with van der Waals surface area (Å²) in [6.45, 7) is 0. The van der Waals surface area contributed by atoms with Gasteiger partial charge < -0.3 is 4.74 Å². The smallest absolute Gasteiger partial charge is 0.416 e. The van der Waals surface area contributed by atoms with Crippen LogP contribution in [0.1, 0.15) is 16.0 Å². The molecule has 1 rings (SSSR count). The molecule has 17 heavy (non-hydrogen) atoms. The van der Waals surface area contributed by atoms with E-state index in [9.17, 15) is 18.0 Å². The van der Waals surface area contributed by atoms with Crippen LogP contribution in [0.15, 0.2) is 18.2 Å². The Balaban J connectivity index is 3.29. The summed E-state index contributed by atoms with van der Waals surface area (Å²) in [7, 11) is 1.10. The summed E-state index contributed by atoms with van der Waals surface area (Å²) in [6, 6.07) is 3.19. The molecule has 0 saturated heterocycles. The summed E-state index contributed by atoms with van der Waals surface area (Å²) in [5.74, 6) is -0.808. The summed E-state index contributed by atoms with van der Waals surface area (Å²) >= 11 is 8.37. The Morgan fingerprint density at radius 1 is 1.47 bits per heavy atom. The quantitative estimate of drug-likeness (QED) is 0.605. The summed E-state index contributed by atoms with van der Waals surface area (Å²) in [5, 5.41) is -0.0503. The van der Waals surface area contributed by atoms with Crippen molar-refractivity contribution in [1.29, 1.82) is 0 Å². The number of methoxy groups -OCH3 is 1. The third-order valence-corrected chi connectivity index (χ3v) is 3.10. The van der Waals surface area contributed by atoms with Crippen LogP contribution in [0, 0.1) is 0 Å². The van der Waals surface area contributed by atoms with Gasteiger partial charge in [-0.1, -0.05) is 33.6 Å². The normalized spacial score (nSPS) is 13.3. The van der Waals surface area contributed by atoms with Crippen molar-refractivity contribution < 1.29 is 22.7 Å². The molecule has 1 aromatic rings. The van der Waals surface area contributed by atoms with E-state index in [0.717, 1.165) is 19.2 Å². The number of benzene rings is 1. The molecule has 0 unspecified atom stereocenters. The van der Waals surface area contributed by atoms with Crippen molar-refractivity contribution in [3.05, 3.63) is 34.3 Å². The second kappa shape index (κ2) is 5.27. The molecule has 7 heteroatoms. The van der Waals surface area contributed by atoms with Crippen molar-refractivity contribution in [3.63, 3.8) is 0 Å². The fraction of sp³-hybridized carbons (Fsp3) is 0.300. The average molecular weight is 332 g/mol. The maximum atomic E-state index is 12.7. The van der Waals surface area contributed by atoms with E-state index in [1.165, 1.54) is 6.07 Å². The molecule has 0 amide bonds. The Kier molecular flexibility index (Phi) is 4.43. The molecule has 0 spiro atoms. The lowest BCUT2D eigenvalue weighted by Gasteiger charge is -2.16. The molecule has 1 aromatic carbocycles. The lowest BCUT2D eigenvalue weighted by molar-refractivity contribution is -0.141. The van der Waals surface area contributed by atoms with E-state index in [1.807, 2.05) is 0 Å². The predicted octanol–water partition coefficient (Wildman–Crippen LogP) is 3.97. The van der Waals surface area contributed by atoms with Crippen LogP contribution in [-0.4, -0.2) is 13.1 Å². The van der Waals surface area contributed by atoms with Crippen LogP contribution in [0.4, 0.5) is 13.2 Å². The first-order valence-electron chi connectivity index (χ1n) is 4.36. The Labute approximate surface area is 109 Å². The zero-order chi connectivity index (χ0) is 13.2. The standard InChI is InChI=1S/C10H7BrClF3O2/c1-17-9(16)8(11)6-3-2-5(12)4-7(6)10(13,14)15/h2-4,8H,1H3/t8-/m0/s1. The van der Waals surface area contributed by atoms with E-state index >= 15 is 0 Å². The number of ether oxygens (including phenoxy) is 1. The minimum atomic E-state index is -4.58. The number of alkyl halides is 4. The van der Waals surface area contributed by atoms with E-state index in [1.54, 1.807) is 0 Å². The zero-order valence-corrected chi connectivity index (χ0v) is 10.9. The highest BCUT2D eigenvalue weighted by atomic mass is 79.9. The average Bonchev–Trinajstić information content (AvgIpc) is 2.25. The van der Waals surface area contributed by atoms with Gasteiger partial charge in [0, 0.05) is 5.02 Å². The molecule has 2 nitrogen and oxygen atoms in total. The highest BCUT2D eigenvalue weighted by Gasteiger charge is 2.36. The van der Waals surface area contributed by atoms with Crippen LogP contribution >= 0.6 is 27.5 Å². The van der Waals surface area contributed by atoms with Crippen LogP contribution in [0.25, 0.3) is 0 Å². The Morgan fingerprint density at radius 3 is 2.53 bits per heavy atom.